The monoisotopic (exact) mass is 175 g/mol. The van der Waals surface area contributed by atoms with Gasteiger partial charge in [0, 0.05) is 19.1 Å². The molecule has 0 aromatic heterocycles. The standard InChI is InChI=1S/C8H17NO3/c1-6(10)9-8-5-12-4-7(8)3-11-2/h6-10H,3-5H2,1-2H3. The van der Waals surface area contributed by atoms with Gasteiger partial charge in [0.1, 0.15) is 6.23 Å². The van der Waals surface area contributed by atoms with Crippen LogP contribution >= 0.6 is 0 Å². The van der Waals surface area contributed by atoms with E-state index in [1.165, 1.54) is 0 Å². The minimum Gasteiger partial charge on any atom is -0.384 e. The van der Waals surface area contributed by atoms with Crippen molar-refractivity contribution in [3.05, 3.63) is 0 Å². The number of hydrogen-bond acceptors (Lipinski definition) is 4. The summed E-state index contributed by atoms with van der Waals surface area (Å²) in [7, 11) is 1.68. The van der Waals surface area contributed by atoms with E-state index in [4.69, 9.17) is 14.6 Å². The quantitative estimate of drug-likeness (QED) is 0.570. The number of hydrogen-bond donors (Lipinski definition) is 2. The SMILES string of the molecule is COCC1COCC1NC(C)O. The Morgan fingerprint density at radius 3 is 3.00 bits per heavy atom. The molecule has 0 amide bonds. The maximum Gasteiger partial charge on any atom is 0.102 e. The van der Waals surface area contributed by atoms with Gasteiger partial charge in [-0.3, -0.25) is 5.32 Å². The van der Waals surface area contributed by atoms with Crippen LogP contribution in [0.3, 0.4) is 0 Å². The molecule has 0 aromatic rings. The Bertz CT molecular complexity index is 129. The number of aliphatic hydroxyl groups is 1. The van der Waals surface area contributed by atoms with Crippen LogP contribution in [0.1, 0.15) is 6.92 Å². The zero-order valence-corrected chi connectivity index (χ0v) is 7.62. The summed E-state index contributed by atoms with van der Waals surface area (Å²) in [6.07, 6.45) is -0.476. The zero-order valence-electron chi connectivity index (χ0n) is 7.62. The Kier molecular flexibility index (Phi) is 3.94. The van der Waals surface area contributed by atoms with Crippen molar-refractivity contribution < 1.29 is 14.6 Å². The molecule has 0 saturated carbocycles. The molecule has 1 aliphatic heterocycles. The van der Waals surface area contributed by atoms with Crippen LogP contribution in [-0.4, -0.2) is 44.3 Å². The average molecular weight is 175 g/mol. The van der Waals surface area contributed by atoms with Gasteiger partial charge in [0.25, 0.3) is 0 Å². The molecular formula is C8H17NO3. The zero-order chi connectivity index (χ0) is 8.97. The molecule has 0 radical (unpaired) electrons. The van der Waals surface area contributed by atoms with Gasteiger partial charge in [0.2, 0.25) is 0 Å². The highest BCUT2D eigenvalue weighted by atomic mass is 16.5. The van der Waals surface area contributed by atoms with E-state index in [9.17, 15) is 0 Å². The van der Waals surface area contributed by atoms with Crippen LogP contribution in [-0.2, 0) is 9.47 Å². The Morgan fingerprint density at radius 1 is 1.67 bits per heavy atom. The molecule has 0 aliphatic carbocycles. The summed E-state index contributed by atoms with van der Waals surface area (Å²) in [6, 6.07) is 0.227. The highest BCUT2D eigenvalue weighted by Gasteiger charge is 2.28. The minimum atomic E-state index is -0.476. The minimum absolute atomic E-state index is 0.227. The molecule has 1 fully saturated rings. The molecule has 3 atom stereocenters. The molecular weight excluding hydrogens is 158 g/mol. The summed E-state index contributed by atoms with van der Waals surface area (Å²) in [5.74, 6) is 0.365. The van der Waals surface area contributed by atoms with Crippen LogP contribution < -0.4 is 5.32 Å². The van der Waals surface area contributed by atoms with Crippen LogP contribution in [0, 0.1) is 5.92 Å². The number of ether oxygens (including phenoxy) is 2. The predicted octanol–water partition coefficient (Wildman–Crippen LogP) is -0.424. The third kappa shape index (κ3) is 2.71. The Balaban J connectivity index is 2.30. The molecule has 12 heavy (non-hydrogen) atoms. The van der Waals surface area contributed by atoms with Crippen LogP contribution in [0.4, 0.5) is 0 Å². The molecule has 72 valence electrons. The average Bonchev–Trinajstić information content (AvgIpc) is 2.37. The molecule has 4 heteroatoms. The number of aliphatic hydroxyl groups excluding tert-OH is 1. The fraction of sp³-hybridized carbons (Fsp3) is 1.00. The van der Waals surface area contributed by atoms with E-state index in [0.717, 1.165) is 6.61 Å². The van der Waals surface area contributed by atoms with Crippen molar-refractivity contribution in [3.63, 3.8) is 0 Å². The van der Waals surface area contributed by atoms with E-state index in [1.807, 2.05) is 0 Å². The second-order valence-corrected chi connectivity index (χ2v) is 3.20. The van der Waals surface area contributed by atoms with Gasteiger partial charge in [-0.15, -0.1) is 0 Å². The van der Waals surface area contributed by atoms with Gasteiger partial charge in [0.15, 0.2) is 0 Å². The lowest BCUT2D eigenvalue weighted by atomic mass is 10.1. The lowest BCUT2D eigenvalue weighted by Gasteiger charge is -2.19. The summed E-state index contributed by atoms with van der Waals surface area (Å²) in [5.41, 5.74) is 0. The Hall–Kier alpha value is -0.160. The lowest BCUT2D eigenvalue weighted by molar-refractivity contribution is 0.106. The highest BCUT2D eigenvalue weighted by Crippen LogP contribution is 2.13. The first kappa shape index (κ1) is 9.92. The third-order valence-electron chi connectivity index (χ3n) is 2.03. The van der Waals surface area contributed by atoms with Gasteiger partial charge in [-0.05, 0) is 6.92 Å². The molecule has 3 unspecified atom stereocenters. The number of rotatable bonds is 4. The topological polar surface area (TPSA) is 50.7 Å². The first-order chi connectivity index (χ1) is 5.74. The molecule has 1 aliphatic rings. The lowest BCUT2D eigenvalue weighted by Crippen LogP contribution is -2.42. The third-order valence-corrected chi connectivity index (χ3v) is 2.03. The van der Waals surface area contributed by atoms with E-state index < -0.39 is 6.23 Å². The maximum atomic E-state index is 9.09. The van der Waals surface area contributed by atoms with Crippen LogP contribution in [0.15, 0.2) is 0 Å². The van der Waals surface area contributed by atoms with Gasteiger partial charge in [-0.1, -0.05) is 0 Å². The van der Waals surface area contributed by atoms with Crippen LogP contribution in [0.5, 0.6) is 0 Å². The van der Waals surface area contributed by atoms with E-state index >= 15 is 0 Å². The molecule has 0 spiro atoms. The van der Waals surface area contributed by atoms with Crippen molar-refractivity contribution in [2.75, 3.05) is 26.9 Å². The van der Waals surface area contributed by atoms with Crippen molar-refractivity contribution in [2.45, 2.75) is 19.2 Å². The summed E-state index contributed by atoms with van der Waals surface area (Å²) in [4.78, 5) is 0. The van der Waals surface area contributed by atoms with Crippen molar-refractivity contribution in [3.8, 4) is 0 Å². The van der Waals surface area contributed by atoms with Crippen LogP contribution in [0.2, 0.25) is 0 Å². The van der Waals surface area contributed by atoms with Gasteiger partial charge < -0.3 is 14.6 Å². The first-order valence-corrected chi connectivity index (χ1v) is 4.25. The van der Waals surface area contributed by atoms with Gasteiger partial charge >= 0.3 is 0 Å². The van der Waals surface area contributed by atoms with E-state index in [1.54, 1.807) is 14.0 Å². The molecule has 2 N–H and O–H groups in total. The predicted molar refractivity (Wildman–Crippen MR) is 44.8 cm³/mol. The fourth-order valence-corrected chi connectivity index (χ4v) is 1.47. The second kappa shape index (κ2) is 4.77. The maximum absolute atomic E-state index is 9.09. The Morgan fingerprint density at radius 2 is 2.42 bits per heavy atom. The van der Waals surface area contributed by atoms with Gasteiger partial charge in [0.05, 0.1) is 19.8 Å². The molecule has 1 rings (SSSR count). The molecule has 1 saturated heterocycles. The smallest absolute Gasteiger partial charge is 0.102 e. The van der Waals surface area contributed by atoms with E-state index in [-0.39, 0.29) is 6.04 Å². The Labute approximate surface area is 72.9 Å². The molecule has 0 aromatic carbocycles. The fourth-order valence-electron chi connectivity index (χ4n) is 1.47. The largest absolute Gasteiger partial charge is 0.384 e. The van der Waals surface area contributed by atoms with Crippen molar-refractivity contribution in [2.24, 2.45) is 5.92 Å². The highest BCUT2D eigenvalue weighted by molar-refractivity contribution is 4.81. The van der Waals surface area contributed by atoms with Gasteiger partial charge in [-0.25, -0.2) is 0 Å². The summed E-state index contributed by atoms with van der Waals surface area (Å²) < 4.78 is 10.3. The second-order valence-electron chi connectivity index (χ2n) is 3.20. The molecule has 0 bridgehead atoms. The van der Waals surface area contributed by atoms with E-state index in [2.05, 4.69) is 5.32 Å². The normalized spacial score (nSPS) is 32.2. The van der Waals surface area contributed by atoms with Crippen LogP contribution in [0.25, 0.3) is 0 Å². The summed E-state index contributed by atoms with van der Waals surface area (Å²) in [6.45, 7) is 3.78. The first-order valence-electron chi connectivity index (χ1n) is 4.25. The summed E-state index contributed by atoms with van der Waals surface area (Å²) in [5, 5.41) is 12.1. The summed E-state index contributed by atoms with van der Waals surface area (Å²) >= 11 is 0. The molecule has 4 nitrogen and oxygen atoms in total. The number of methoxy groups -OCH3 is 1. The number of nitrogens with one attached hydrogen (secondary N) is 1. The van der Waals surface area contributed by atoms with Crippen molar-refractivity contribution in [1.82, 2.24) is 5.32 Å². The van der Waals surface area contributed by atoms with Crippen molar-refractivity contribution >= 4 is 0 Å². The molecule has 1 heterocycles. The van der Waals surface area contributed by atoms with Gasteiger partial charge in [-0.2, -0.15) is 0 Å². The van der Waals surface area contributed by atoms with Crippen molar-refractivity contribution in [1.29, 1.82) is 0 Å². The van der Waals surface area contributed by atoms with E-state index in [0.29, 0.717) is 19.1 Å².